The smallest absolute Gasteiger partial charge is 0.320 e. The van der Waals surface area contributed by atoms with Crippen LogP contribution < -0.4 is 5.73 Å². The zero-order chi connectivity index (χ0) is 9.98. The minimum Gasteiger partial charge on any atom is -0.480 e. The molecule has 0 saturated heterocycles. The highest BCUT2D eigenvalue weighted by molar-refractivity contribution is 5.72. The molecule has 0 rings (SSSR count). The summed E-state index contributed by atoms with van der Waals surface area (Å²) in [6.45, 7) is 2.01. The van der Waals surface area contributed by atoms with Gasteiger partial charge in [0.2, 0.25) is 0 Å². The van der Waals surface area contributed by atoms with Crippen molar-refractivity contribution in [1.29, 1.82) is 5.53 Å². The topological polar surface area (TPSA) is 124 Å². The van der Waals surface area contributed by atoms with E-state index in [2.05, 4.69) is 0 Å². The summed E-state index contributed by atoms with van der Waals surface area (Å²) in [6.07, 6.45) is 2.49. The summed E-state index contributed by atoms with van der Waals surface area (Å²) < 4.78 is 0. The van der Waals surface area contributed by atoms with E-state index in [0.29, 0.717) is 6.42 Å². The van der Waals surface area contributed by atoms with Crippen molar-refractivity contribution in [2.45, 2.75) is 32.2 Å². The van der Waals surface area contributed by atoms with Crippen LogP contribution in [0.3, 0.4) is 0 Å². The van der Waals surface area contributed by atoms with Crippen molar-refractivity contribution in [3.05, 3.63) is 10.4 Å². The molecule has 70 valence electrons. The van der Waals surface area contributed by atoms with Crippen LogP contribution in [-0.4, -0.2) is 17.1 Å². The Balaban J connectivity index is 0. The lowest BCUT2D eigenvalue weighted by atomic mass is 10.1. The van der Waals surface area contributed by atoms with Crippen LogP contribution in [0, 0.1) is 5.53 Å². The first-order chi connectivity index (χ1) is 5.59. The van der Waals surface area contributed by atoms with Gasteiger partial charge in [-0.1, -0.05) is 19.8 Å². The van der Waals surface area contributed by atoms with E-state index in [0.717, 1.165) is 12.8 Å². The SMILES string of the molecule is CCCCC(N)C(=O)O.[N-]=[N+]=N. The van der Waals surface area contributed by atoms with Gasteiger partial charge in [-0.05, 0) is 16.9 Å². The van der Waals surface area contributed by atoms with E-state index < -0.39 is 12.0 Å². The monoisotopic (exact) mass is 174 g/mol. The van der Waals surface area contributed by atoms with Crippen LogP contribution in [0.5, 0.6) is 0 Å². The van der Waals surface area contributed by atoms with Crippen molar-refractivity contribution in [2.24, 2.45) is 5.73 Å². The van der Waals surface area contributed by atoms with Crippen molar-refractivity contribution >= 4 is 5.97 Å². The fourth-order valence-corrected chi connectivity index (χ4v) is 0.548. The Bertz CT molecular complexity index is 154. The van der Waals surface area contributed by atoms with Crippen LogP contribution >= 0.6 is 0 Å². The van der Waals surface area contributed by atoms with Gasteiger partial charge in [0, 0.05) is 0 Å². The van der Waals surface area contributed by atoms with Crippen LogP contribution in [0.25, 0.3) is 10.4 Å². The second-order valence-corrected chi connectivity index (χ2v) is 2.19. The number of carbonyl (C=O) groups is 1. The first-order valence-corrected chi connectivity index (χ1v) is 3.59. The average Bonchev–Trinajstić information content (AvgIpc) is 2.01. The van der Waals surface area contributed by atoms with Gasteiger partial charge in [0.15, 0.2) is 0 Å². The standard InChI is InChI=1S/C6H13NO2.HN3/c1-2-3-4-5(7)6(8)9;1-3-2/h5H,2-4,7H2,1H3,(H,8,9);1H. The highest BCUT2D eigenvalue weighted by Gasteiger charge is 2.08. The summed E-state index contributed by atoms with van der Waals surface area (Å²) >= 11 is 0. The molecule has 0 spiro atoms. The summed E-state index contributed by atoms with van der Waals surface area (Å²) in [4.78, 5) is 11.8. The van der Waals surface area contributed by atoms with Crippen molar-refractivity contribution in [1.82, 2.24) is 0 Å². The number of nitrogens with zero attached hydrogens (tertiary/aromatic N) is 2. The number of hydrogen-bond donors (Lipinski definition) is 3. The molecule has 0 bridgehead atoms. The Kier molecular flexibility index (Phi) is 10.8. The van der Waals surface area contributed by atoms with E-state index in [4.69, 9.17) is 21.9 Å². The molecule has 0 aromatic rings. The Hall–Kier alpha value is -1.26. The molecular formula is C6H14N4O2. The second kappa shape index (κ2) is 9.74. The van der Waals surface area contributed by atoms with Gasteiger partial charge >= 0.3 is 5.97 Å². The molecule has 0 aliphatic carbocycles. The molecule has 6 nitrogen and oxygen atoms in total. The molecule has 0 heterocycles. The van der Waals surface area contributed by atoms with Gasteiger partial charge in [-0.2, -0.15) is 0 Å². The molecule has 0 fully saturated rings. The number of carboxylic acid groups (broad SMARTS) is 1. The molecule has 1 unspecified atom stereocenters. The largest absolute Gasteiger partial charge is 0.480 e. The third-order valence-corrected chi connectivity index (χ3v) is 1.19. The summed E-state index contributed by atoms with van der Waals surface area (Å²) in [5, 5.41) is 8.28. The van der Waals surface area contributed by atoms with Gasteiger partial charge in [-0.15, -0.1) is 5.53 Å². The predicted molar refractivity (Wildman–Crippen MR) is 44.6 cm³/mol. The molecule has 0 aliphatic rings. The molecule has 6 heteroatoms. The number of rotatable bonds is 4. The Morgan fingerprint density at radius 2 is 2.25 bits per heavy atom. The predicted octanol–water partition coefficient (Wildman–Crippen LogP) is 1.46. The number of nitrogens with two attached hydrogens (primary N) is 1. The van der Waals surface area contributed by atoms with Gasteiger partial charge in [0.25, 0.3) is 0 Å². The Morgan fingerprint density at radius 3 is 2.50 bits per heavy atom. The van der Waals surface area contributed by atoms with E-state index in [1.165, 1.54) is 0 Å². The lowest BCUT2D eigenvalue weighted by molar-refractivity contribution is -0.138. The molecule has 12 heavy (non-hydrogen) atoms. The van der Waals surface area contributed by atoms with E-state index >= 15 is 0 Å². The zero-order valence-corrected chi connectivity index (χ0v) is 7.03. The van der Waals surface area contributed by atoms with Gasteiger partial charge in [0.1, 0.15) is 6.04 Å². The third-order valence-electron chi connectivity index (χ3n) is 1.19. The molecule has 0 saturated carbocycles. The highest BCUT2D eigenvalue weighted by Crippen LogP contribution is 1.96. The fraction of sp³-hybridized carbons (Fsp3) is 0.833. The number of aliphatic carboxylic acids is 1. The van der Waals surface area contributed by atoms with Gasteiger partial charge in [-0.3, -0.25) is 4.79 Å². The van der Waals surface area contributed by atoms with Crippen LogP contribution in [-0.2, 0) is 4.79 Å². The minimum atomic E-state index is -0.900. The molecule has 0 aromatic heterocycles. The maximum atomic E-state index is 10.1. The Labute approximate surface area is 70.8 Å². The molecule has 0 radical (unpaired) electrons. The van der Waals surface area contributed by atoms with Crippen LogP contribution in [0.2, 0.25) is 0 Å². The molecular weight excluding hydrogens is 160 g/mol. The highest BCUT2D eigenvalue weighted by atomic mass is 16.4. The maximum absolute atomic E-state index is 10.1. The quantitative estimate of drug-likeness (QED) is 0.339. The van der Waals surface area contributed by atoms with Crippen LogP contribution in [0.15, 0.2) is 0 Å². The number of nitrogens with one attached hydrogen (secondary N) is 1. The van der Waals surface area contributed by atoms with E-state index in [9.17, 15) is 4.79 Å². The van der Waals surface area contributed by atoms with Gasteiger partial charge in [0.05, 0.1) is 0 Å². The van der Waals surface area contributed by atoms with Crippen molar-refractivity contribution in [2.75, 3.05) is 0 Å². The third kappa shape index (κ3) is 11.5. The van der Waals surface area contributed by atoms with Crippen molar-refractivity contribution in [3.8, 4) is 0 Å². The van der Waals surface area contributed by atoms with Crippen LogP contribution in [0.1, 0.15) is 26.2 Å². The fourth-order valence-electron chi connectivity index (χ4n) is 0.548. The molecule has 0 aliphatic heterocycles. The van der Waals surface area contributed by atoms with E-state index in [-0.39, 0.29) is 0 Å². The number of carboxylic acids is 1. The van der Waals surface area contributed by atoms with Gasteiger partial charge in [-0.25, -0.2) is 0 Å². The summed E-state index contributed by atoms with van der Waals surface area (Å²) in [5.41, 5.74) is 17.5. The zero-order valence-electron chi connectivity index (χ0n) is 7.03. The molecule has 4 N–H and O–H groups in total. The lowest BCUT2D eigenvalue weighted by Crippen LogP contribution is -2.29. The normalized spacial score (nSPS) is 10.5. The van der Waals surface area contributed by atoms with E-state index in [1.807, 2.05) is 6.92 Å². The summed E-state index contributed by atoms with van der Waals surface area (Å²) in [5.74, 6) is -0.900. The first-order valence-electron chi connectivity index (χ1n) is 3.59. The minimum absolute atomic E-state index is 0.589. The van der Waals surface area contributed by atoms with Crippen LogP contribution in [0.4, 0.5) is 0 Å². The van der Waals surface area contributed by atoms with Gasteiger partial charge < -0.3 is 10.8 Å². The second-order valence-electron chi connectivity index (χ2n) is 2.19. The Morgan fingerprint density at radius 1 is 1.83 bits per heavy atom. The lowest BCUT2D eigenvalue weighted by Gasteiger charge is -2.02. The summed E-state index contributed by atoms with van der Waals surface area (Å²) in [7, 11) is 0. The summed E-state index contributed by atoms with van der Waals surface area (Å²) in [6, 6.07) is -0.662. The van der Waals surface area contributed by atoms with E-state index in [1.54, 1.807) is 4.91 Å². The number of unbranched alkanes of at least 4 members (excludes halogenated alkanes) is 1. The molecule has 1 atom stereocenters. The maximum Gasteiger partial charge on any atom is 0.320 e. The average molecular weight is 174 g/mol. The molecule has 0 aromatic carbocycles. The van der Waals surface area contributed by atoms with Crippen molar-refractivity contribution in [3.63, 3.8) is 0 Å². The number of hydrogen-bond acceptors (Lipinski definition) is 3. The first kappa shape index (κ1) is 13.3. The molecule has 0 amide bonds. The van der Waals surface area contributed by atoms with Crippen molar-refractivity contribution < 1.29 is 9.90 Å².